The number of nitrogens with one attached hydrogen (secondary N) is 1. The van der Waals surface area contributed by atoms with Crippen molar-refractivity contribution in [3.8, 4) is 0 Å². The Kier molecular flexibility index (Phi) is 4.94. The number of nitrogens with zero attached hydrogens (tertiary/aromatic N) is 1. The lowest BCUT2D eigenvalue weighted by Gasteiger charge is -2.31. The molecule has 1 fully saturated rings. The number of benzene rings is 1. The third-order valence-corrected chi connectivity index (χ3v) is 4.44. The molecule has 0 amide bonds. The molecule has 0 spiro atoms. The van der Waals surface area contributed by atoms with E-state index in [2.05, 4.69) is 31.1 Å². The van der Waals surface area contributed by atoms with Gasteiger partial charge in [-0.25, -0.2) is 4.39 Å². The molecule has 3 unspecified atom stereocenters. The first-order chi connectivity index (χ1) is 9.13. The van der Waals surface area contributed by atoms with Crippen LogP contribution in [-0.2, 0) is 0 Å². The molecule has 0 radical (unpaired) electrons. The van der Waals surface area contributed by atoms with Crippen LogP contribution in [0.25, 0.3) is 0 Å². The summed E-state index contributed by atoms with van der Waals surface area (Å²) in [5.74, 6) is -0.0944. The molecule has 0 aliphatic heterocycles. The van der Waals surface area contributed by atoms with Crippen LogP contribution in [0.15, 0.2) is 24.3 Å². The fraction of sp³-hybridized carbons (Fsp3) is 0.625. The molecule has 0 bridgehead atoms. The Labute approximate surface area is 116 Å². The lowest BCUT2D eigenvalue weighted by molar-refractivity contribution is 0.182. The smallest absolute Gasteiger partial charge is 0.127 e. The minimum Gasteiger partial charge on any atom is -0.314 e. The average Bonchev–Trinajstić information content (AvgIpc) is 2.87. The number of hydrogen-bond acceptors (Lipinski definition) is 2. The minimum absolute atomic E-state index is 0.0944. The Morgan fingerprint density at radius 2 is 2.11 bits per heavy atom. The molecule has 1 saturated carbocycles. The van der Waals surface area contributed by atoms with Gasteiger partial charge < -0.3 is 5.32 Å². The van der Waals surface area contributed by atoms with E-state index in [9.17, 15) is 4.39 Å². The molecule has 0 heterocycles. The summed E-state index contributed by atoms with van der Waals surface area (Å²) in [6.07, 6.45) is 3.60. The van der Waals surface area contributed by atoms with E-state index in [0.717, 1.165) is 12.1 Å². The highest BCUT2D eigenvalue weighted by atomic mass is 19.1. The summed E-state index contributed by atoms with van der Waals surface area (Å²) in [4.78, 5) is 2.33. The highest BCUT2D eigenvalue weighted by Gasteiger charge is 2.30. The fourth-order valence-electron chi connectivity index (χ4n) is 3.15. The predicted molar refractivity (Wildman–Crippen MR) is 77.7 cm³/mol. The summed E-state index contributed by atoms with van der Waals surface area (Å²) < 4.78 is 13.8. The van der Waals surface area contributed by atoms with E-state index in [0.29, 0.717) is 12.1 Å². The van der Waals surface area contributed by atoms with Gasteiger partial charge in [-0.1, -0.05) is 25.1 Å². The van der Waals surface area contributed by atoms with E-state index < -0.39 is 0 Å². The van der Waals surface area contributed by atoms with Crippen LogP contribution in [-0.4, -0.2) is 30.6 Å². The Morgan fingerprint density at radius 3 is 2.79 bits per heavy atom. The quantitative estimate of drug-likeness (QED) is 0.877. The van der Waals surface area contributed by atoms with E-state index in [1.54, 1.807) is 12.1 Å². The second-order valence-electron chi connectivity index (χ2n) is 5.58. The topological polar surface area (TPSA) is 15.3 Å². The number of rotatable bonds is 5. The Balaban J connectivity index is 2.00. The second kappa shape index (κ2) is 6.49. The first-order valence-electron chi connectivity index (χ1n) is 7.33. The maximum atomic E-state index is 13.8. The molecule has 2 nitrogen and oxygen atoms in total. The van der Waals surface area contributed by atoms with E-state index in [1.807, 2.05) is 12.1 Å². The van der Waals surface area contributed by atoms with Crippen LogP contribution in [0.1, 0.15) is 44.7 Å². The zero-order valence-corrected chi connectivity index (χ0v) is 12.2. The van der Waals surface area contributed by atoms with Crippen LogP contribution in [0.4, 0.5) is 4.39 Å². The maximum absolute atomic E-state index is 13.8. The summed E-state index contributed by atoms with van der Waals surface area (Å²) in [5, 5.41) is 3.52. The van der Waals surface area contributed by atoms with E-state index in [4.69, 9.17) is 0 Å². The van der Waals surface area contributed by atoms with Crippen LogP contribution in [0, 0.1) is 5.82 Å². The third-order valence-electron chi connectivity index (χ3n) is 4.44. The number of hydrogen-bond donors (Lipinski definition) is 1. The van der Waals surface area contributed by atoms with Gasteiger partial charge in [-0.3, -0.25) is 4.90 Å². The van der Waals surface area contributed by atoms with Crippen LogP contribution in [0.3, 0.4) is 0 Å². The van der Waals surface area contributed by atoms with Crippen molar-refractivity contribution in [1.29, 1.82) is 0 Å². The van der Waals surface area contributed by atoms with Crippen molar-refractivity contribution in [2.24, 2.45) is 0 Å². The summed E-state index contributed by atoms with van der Waals surface area (Å²) >= 11 is 0. The fourth-order valence-corrected chi connectivity index (χ4v) is 3.15. The molecule has 2 rings (SSSR count). The van der Waals surface area contributed by atoms with E-state index >= 15 is 0 Å². The molecule has 19 heavy (non-hydrogen) atoms. The van der Waals surface area contributed by atoms with E-state index in [-0.39, 0.29) is 11.9 Å². The van der Waals surface area contributed by atoms with Crippen LogP contribution < -0.4 is 5.32 Å². The Bertz CT molecular complexity index is 407. The number of halogens is 1. The highest BCUT2D eigenvalue weighted by molar-refractivity contribution is 5.20. The van der Waals surface area contributed by atoms with Gasteiger partial charge in [0.05, 0.1) is 0 Å². The van der Waals surface area contributed by atoms with Crippen molar-refractivity contribution in [3.05, 3.63) is 35.6 Å². The molecule has 106 valence electrons. The van der Waals surface area contributed by atoms with Crippen molar-refractivity contribution < 1.29 is 4.39 Å². The van der Waals surface area contributed by atoms with Crippen molar-refractivity contribution in [2.75, 3.05) is 13.6 Å². The van der Waals surface area contributed by atoms with Gasteiger partial charge in [0, 0.05) is 23.7 Å². The van der Waals surface area contributed by atoms with E-state index in [1.165, 1.54) is 19.3 Å². The Morgan fingerprint density at radius 1 is 1.37 bits per heavy atom. The van der Waals surface area contributed by atoms with Gasteiger partial charge in [-0.2, -0.15) is 0 Å². The average molecular weight is 264 g/mol. The summed E-state index contributed by atoms with van der Waals surface area (Å²) in [7, 11) is 2.12. The van der Waals surface area contributed by atoms with Gasteiger partial charge in [0.15, 0.2) is 0 Å². The van der Waals surface area contributed by atoms with Gasteiger partial charge >= 0.3 is 0 Å². The van der Waals surface area contributed by atoms with Crippen LogP contribution in [0.2, 0.25) is 0 Å². The second-order valence-corrected chi connectivity index (χ2v) is 5.58. The first kappa shape index (κ1) is 14.5. The molecule has 1 aromatic carbocycles. The maximum Gasteiger partial charge on any atom is 0.127 e. The normalized spacial score (nSPS) is 24.9. The summed E-state index contributed by atoms with van der Waals surface area (Å²) in [6, 6.07) is 8.43. The molecule has 1 aromatic rings. The molecule has 3 heteroatoms. The Hall–Kier alpha value is -0.930. The summed E-state index contributed by atoms with van der Waals surface area (Å²) in [6.45, 7) is 5.28. The van der Waals surface area contributed by atoms with Crippen molar-refractivity contribution in [2.45, 2.75) is 51.2 Å². The standard InChI is InChI=1S/C16H25FN2/c1-4-18-13-9-10-14(11-13)19(3)12(2)15-7-5-6-8-16(15)17/h5-8,12-14,18H,4,9-11H2,1-3H3. The molecule has 3 atom stereocenters. The highest BCUT2D eigenvalue weighted by Crippen LogP contribution is 2.30. The van der Waals surface area contributed by atoms with Crippen LogP contribution >= 0.6 is 0 Å². The van der Waals surface area contributed by atoms with Gasteiger partial charge in [0.1, 0.15) is 5.82 Å². The zero-order chi connectivity index (χ0) is 13.8. The van der Waals surface area contributed by atoms with Crippen molar-refractivity contribution in [1.82, 2.24) is 10.2 Å². The van der Waals surface area contributed by atoms with Crippen LogP contribution in [0.5, 0.6) is 0 Å². The van der Waals surface area contributed by atoms with Gasteiger partial charge in [0.25, 0.3) is 0 Å². The monoisotopic (exact) mass is 264 g/mol. The predicted octanol–water partition coefficient (Wildman–Crippen LogP) is 3.35. The van der Waals surface area contributed by atoms with Crippen molar-refractivity contribution in [3.63, 3.8) is 0 Å². The molecule has 1 N–H and O–H groups in total. The summed E-state index contributed by atoms with van der Waals surface area (Å²) in [5.41, 5.74) is 0.803. The first-order valence-corrected chi connectivity index (χ1v) is 7.33. The zero-order valence-electron chi connectivity index (χ0n) is 12.2. The molecule has 0 aromatic heterocycles. The minimum atomic E-state index is -0.0944. The van der Waals surface area contributed by atoms with Gasteiger partial charge in [-0.15, -0.1) is 0 Å². The molecular weight excluding hydrogens is 239 g/mol. The molecule has 0 saturated heterocycles. The largest absolute Gasteiger partial charge is 0.314 e. The molecular formula is C16H25FN2. The van der Waals surface area contributed by atoms with Gasteiger partial charge in [-0.05, 0) is 45.8 Å². The van der Waals surface area contributed by atoms with Crippen molar-refractivity contribution >= 4 is 0 Å². The molecule has 1 aliphatic carbocycles. The lowest BCUT2D eigenvalue weighted by Crippen LogP contribution is -2.34. The molecule has 1 aliphatic rings. The SMILES string of the molecule is CCNC1CCC(N(C)C(C)c2ccccc2F)C1. The third kappa shape index (κ3) is 3.34. The van der Waals surface area contributed by atoms with Gasteiger partial charge in [0.2, 0.25) is 0 Å². The lowest BCUT2D eigenvalue weighted by atomic mass is 10.0.